The molecule has 4 rings (SSSR count). The molecule has 110 valence electrons. The molecule has 3 N–H and O–H groups in total. The van der Waals surface area contributed by atoms with Gasteiger partial charge in [0.2, 0.25) is 0 Å². The van der Waals surface area contributed by atoms with Gasteiger partial charge in [-0.15, -0.1) is 0 Å². The Labute approximate surface area is 123 Å². The molecule has 2 fully saturated rings. The molecule has 0 spiro atoms. The molecular formula is C15H20N6. The first kappa shape index (κ1) is 12.6. The van der Waals surface area contributed by atoms with Crippen molar-refractivity contribution in [3.63, 3.8) is 0 Å². The van der Waals surface area contributed by atoms with E-state index in [1.807, 2.05) is 18.5 Å². The van der Waals surface area contributed by atoms with E-state index in [2.05, 4.69) is 25.1 Å². The molecule has 1 saturated carbocycles. The van der Waals surface area contributed by atoms with Gasteiger partial charge in [0.25, 0.3) is 0 Å². The Balaban J connectivity index is 1.40. The maximum atomic E-state index is 5.70. The zero-order chi connectivity index (χ0) is 14.2. The smallest absolute Gasteiger partial charge is 0.131 e. The summed E-state index contributed by atoms with van der Waals surface area (Å²) >= 11 is 0. The molecule has 0 atom stereocenters. The van der Waals surface area contributed by atoms with Crippen LogP contribution in [0.2, 0.25) is 0 Å². The van der Waals surface area contributed by atoms with Gasteiger partial charge in [-0.05, 0) is 25.7 Å². The monoisotopic (exact) mass is 284 g/mol. The van der Waals surface area contributed by atoms with Crippen molar-refractivity contribution in [2.75, 3.05) is 23.7 Å². The average Bonchev–Trinajstić information content (AvgIpc) is 3.29. The van der Waals surface area contributed by atoms with Crippen molar-refractivity contribution in [2.24, 2.45) is 0 Å². The fraction of sp³-hybridized carbons (Fsp3) is 0.533. The molecule has 2 aromatic rings. The molecule has 1 aliphatic heterocycles. The van der Waals surface area contributed by atoms with Gasteiger partial charge < -0.3 is 10.6 Å². The Kier molecular flexibility index (Phi) is 3.02. The average molecular weight is 284 g/mol. The Hall–Kier alpha value is -2.11. The number of anilines is 2. The third-order valence-corrected chi connectivity index (χ3v) is 4.50. The summed E-state index contributed by atoms with van der Waals surface area (Å²) in [5, 5.41) is 7.11. The molecule has 0 aromatic carbocycles. The van der Waals surface area contributed by atoms with Crippen LogP contribution in [0.5, 0.6) is 0 Å². The fourth-order valence-corrected chi connectivity index (χ4v) is 3.04. The second-order valence-corrected chi connectivity index (χ2v) is 6.08. The first-order chi connectivity index (χ1) is 10.3. The summed E-state index contributed by atoms with van der Waals surface area (Å²) in [6.45, 7) is 2.03. The number of hydrogen-bond donors (Lipinski definition) is 2. The summed E-state index contributed by atoms with van der Waals surface area (Å²) in [4.78, 5) is 11.4. The van der Waals surface area contributed by atoms with Crippen LogP contribution in [0.4, 0.5) is 11.5 Å². The van der Waals surface area contributed by atoms with Crippen molar-refractivity contribution in [1.82, 2.24) is 20.2 Å². The molecule has 3 heterocycles. The number of nitrogens with zero attached hydrogens (tertiary/aromatic N) is 4. The SMILES string of the molecule is Nc1cc(C2CCN(c3cnc(C4CC4)nc3)CC2)n[nH]1. The number of nitrogen functional groups attached to an aromatic ring is 1. The van der Waals surface area contributed by atoms with E-state index >= 15 is 0 Å². The van der Waals surface area contributed by atoms with E-state index in [0.29, 0.717) is 17.7 Å². The molecule has 0 radical (unpaired) electrons. The molecule has 1 saturated heterocycles. The van der Waals surface area contributed by atoms with Crippen LogP contribution >= 0.6 is 0 Å². The van der Waals surface area contributed by atoms with Crippen LogP contribution in [0, 0.1) is 0 Å². The van der Waals surface area contributed by atoms with Crippen molar-refractivity contribution >= 4 is 11.5 Å². The summed E-state index contributed by atoms with van der Waals surface area (Å²) in [6, 6.07) is 1.95. The Morgan fingerprint density at radius 1 is 1.05 bits per heavy atom. The Morgan fingerprint density at radius 3 is 2.33 bits per heavy atom. The third-order valence-electron chi connectivity index (χ3n) is 4.50. The first-order valence-electron chi connectivity index (χ1n) is 7.67. The number of aromatic nitrogens is 4. The van der Waals surface area contributed by atoms with Crippen molar-refractivity contribution < 1.29 is 0 Å². The predicted molar refractivity (Wildman–Crippen MR) is 81.2 cm³/mol. The number of nitrogens with two attached hydrogens (primary N) is 1. The number of nitrogens with one attached hydrogen (secondary N) is 1. The van der Waals surface area contributed by atoms with Gasteiger partial charge in [0.15, 0.2) is 0 Å². The van der Waals surface area contributed by atoms with E-state index in [-0.39, 0.29) is 0 Å². The summed E-state index contributed by atoms with van der Waals surface area (Å²) < 4.78 is 0. The van der Waals surface area contributed by atoms with Crippen LogP contribution in [0.3, 0.4) is 0 Å². The van der Waals surface area contributed by atoms with E-state index < -0.39 is 0 Å². The van der Waals surface area contributed by atoms with Crippen molar-refractivity contribution in [3.05, 3.63) is 30.0 Å². The van der Waals surface area contributed by atoms with E-state index in [1.165, 1.54) is 12.8 Å². The van der Waals surface area contributed by atoms with E-state index in [1.54, 1.807) is 0 Å². The van der Waals surface area contributed by atoms with E-state index in [4.69, 9.17) is 5.73 Å². The Bertz CT molecular complexity index is 607. The van der Waals surface area contributed by atoms with Crippen LogP contribution in [-0.2, 0) is 0 Å². The maximum absolute atomic E-state index is 5.70. The molecule has 6 nitrogen and oxygen atoms in total. The first-order valence-corrected chi connectivity index (χ1v) is 7.67. The minimum absolute atomic E-state index is 0.501. The molecule has 6 heteroatoms. The van der Waals surface area contributed by atoms with Crippen molar-refractivity contribution in [2.45, 2.75) is 37.5 Å². The third kappa shape index (κ3) is 2.57. The lowest BCUT2D eigenvalue weighted by Crippen LogP contribution is -2.33. The van der Waals surface area contributed by atoms with Gasteiger partial charge in [-0.3, -0.25) is 5.10 Å². The van der Waals surface area contributed by atoms with Crippen LogP contribution in [0.25, 0.3) is 0 Å². The highest BCUT2D eigenvalue weighted by Gasteiger charge is 2.27. The summed E-state index contributed by atoms with van der Waals surface area (Å²) in [7, 11) is 0. The molecule has 0 amide bonds. The number of H-pyrrole nitrogens is 1. The van der Waals surface area contributed by atoms with Gasteiger partial charge in [-0.1, -0.05) is 0 Å². The second kappa shape index (κ2) is 5.02. The minimum atomic E-state index is 0.501. The number of piperidine rings is 1. The normalized spacial score (nSPS) is 19.9. The molecule has 0 unspecified atom stereocenters. The van der Waals surface area contributed by atoms with Gasteiger partial charge in [0, 0.05) is 31.0 Å². The molecule has 21 heavy (non-hydrogen) atoms. The van der Waals surface area contributed by atoms with Crippen LogP contribution in [0.1, 0.15) is 49.0 Å². The highest BCUT2D eigenvalue weighted by Crippen LogP contribution is 2.38. The number of aromatic amines is 1. The maximum Gasteiger partial charge on any atom is 0.131 e. The Morgan fingerprint density at radius 2 is 1.76 bits per heavy atom. The topological polar surface area (TPSA) is 83.7 Å². The largest absolute Gasteiger partial charge is 0.384 e. The predicted octanol–water partition coefficient (Wildman–Crippen LogP) is 2.04. The summed E-state index contributed by atoms with van der Waals surface area (Å²) in [5.41, 5.74) is 7.93. The minimum Gasteiger partial charge on any atom is -0.384 e. The van der Waals surface area contributed by atoms with Crippen LogP contribution in [-0.4, -0.2) is 33.3 Å². The highest BCUT2D eigenvalue weighted by atomic mass is 15.2. The van der Waals surface area contributed by atoms with Gasteiger partial charge in [-0.2, -0.15) is 5.10 Å². The molecule has 2 aliphatic rings. The molecule has 1 aliphatic carbocycles. The molecule has 2 aromatic heterocycles. The van der Waals surface area contributed by atoms with Crippen molar-refractivity contribution in [1.29, 1.82) is 0 Å². The van der Waals surface area contributed by atoms with Gasteiger partial charge >= 0.3 is 0 Å². The lowest BCUT2D eigenvalue weighted by molar-refractivity contribution is 0.495. The van der Waals surface area contributed by atoms with Crippen LogP contribution in [0.15, 0.2) is 18.5 Å². The number of hydrogen-bond acceptors (Lipinski definition) is 5. The van der Waals surface area contributed by atoms with E-state index in [0.717, 1.165) is 43.1 Å². The highest BCUT2D eigenvalue weighted by molar-refractivity contribution is 5.43. The van der Waals surface area contributed by atoms with Crippen molar-refractivity contribution in [3.8, 4) is 0 Å². The zero-order valence-corrected chi connectivity index (χ0v) is 12.0. The fourth-order valence-electron chi connectivity index (χ4n) is 3.04. The zero-order valence-electron chi connectivity index (χ0n) is 12.0. The van der Waals surface area contributed by atoms with Crippen LogP contribution < -0.4 is 10.6 Å². The van der Waals surface area contributed by atoms with E-state index in [9.17, 15) is 0 Å². The lowest BCUT2D eigenvalue weighted by Gasteiger charge is -2.32. The summed E-state index contributed by atoms with van der Waals surface area (Å²) in [6.07, 6.45) is 8.64. The standard InChI is InChI=1S/C15H20N6/c16-14-7-13(19-20-14)10-3-5-21(6-4-10)12-8-17-15(18-9-12)11-1-2-11/h7-11H,1-6H2,(H3,16,19,20). The quantitative estimate of drug-likeness (QED) is 0.901. The lowest BCUT2D eigenvalue weighted by atomic mass is 9.93. The van der Waals surface area contributed by atoms with Gasteiger partial charge in [0.05, 0.1) is 23.8 Å². The summed E-state index contributed by atoms with van der Waals surface area (Å²) in [5.74, 6) is 2.79. The molecular weight excluding hydrogens is 264 g/mol. The molecule has 0 bridgehead atoms. The van der Waals surface area contributed by atoms with Gasteiger partial charge in [-0.25, -0.2) is 9.97 Å². The second-order valence-electron chi connectivity index (χ2n) is 6.08. The van der Waals surface area contributed by atoms with Gasteiger partial charge in [0.1, 0.15) is 11.6 Å². The number of rotatable bonds is 3.